The standard InChI is InChI=1S/C13H15BrFNO/c1-8(2)6-9(3)17-11-5-4-10(7-16)12(14)13(11)15/h4-5,8-9H,6H2,1-3H3. The number of nitrogens with zero attached hydrogens (tertiary/aromatic N) is 1. The third kappa shape index (κ3) is 3.71. The highest BCUT2D eigenvalue weighted by molar-refractivity contribution is 9.10. The van der Waals surface area contributed by atoms with Crippen molar-refractivity contribution in [2.75, 3.05) is 0 Å². The molecule has 0 N–H and O–H groups in total. The van der Waals surface area contributed by atoms with Gasteiger partial charge in [0, 0.05) is 0 Å². The van der Waals surface area contributed by atoms with Gasteiger partial charge in [0.2, 0.25) is 0 Å². The lowest BCUT2D eigenvalue weighted by Gasteiger charge is -2.17. The van der Waals surface area contributed by atoms with Gasteiger partial charge in [-0.1, -0.05) is 13.8 Å². The molecule has 0 bridgehead atoms. The van der Waals surface area contributed by atoms with E-state index in [0.29, 0.717) is 5.92 Å². The fraction of sp³-hybridized carbons (Fsp3) is 0.462. The van der Waals surface area contributed by atoms with Crippen LogP contribution in [0.4, 0.5) is 4.39 Å². The van der Waals surface area contributed by atoms with Gasteiger partial charge in [0.15, 0.2) is 11.6 Å². The van der Waals surface area contributed by atoms with Gasteiger partial charge in [-0.25, -0.2) is 4.39 Å². The summed E-state index contributed by atoms with van der Waals surface area (Å²) in [6, 6.07) is 4.95. The third-order valence-corrected chi connectivity index (χ3v) is 3.07. The molecule has 0 aromatic heterocycles. The van der Waals surface area contributed by atoms with E-state index in [2.05, 4.69) is 29.8 Å². The van der Waals surface area contributed by atoms with Gasteiger partial charge in [0.25, 0.3) is 0 Å². The lowest BCUT2D eigenvalue weighted by Crippen LogP contribution is -2.15. The normalized spacial score (nSPS) is 12.3. The van der Waals surface area contributed by atoms with Gasteiger partial charge in [-0.15, -0.1) is 0 Å². The molecule has 2 nitrogen and oxygen atoms in total. The van der Waals surface area contributed by atoms with Gasteiger partial charge in [-0.2, -0.15) is 5.26 Å². The molecule has 4 heteroatoms. The van der Waals surface area contributed by atoms with E-state index >= 15 is 0 Å². The maximum Gasteiger partial charge on any atom is 0.180 e. The van der Waals surface area contributed by atoms with Gasteiger partial charge in [0.05, 0.1) is 16.1 Å². The van der Waals surface area contributed by atoms with E-state index < -0.39 is 5.82 Å². The van der Waals surface area contributed by atoms with Crippen LogP contribution in [0.5, 0.6) is 5.75 Å². The monoisotopic (exact) mass is 299 g/mol. The minimum Gasteiger partial charge on any atom is -0.488 e. The summed E-state index contributed by atoms with van der Waals surface area (Å²) in [7, 11) is 0. The summed E-state index contributed by atoms with van der Waals surface area (Å²) in [6.45, 7) is 6.08. The molecule has 1 unspecified atom stereocenters. The van der Waals surface area contributed by atoms with Crippen LogP contribution in [-0.2, 0) is 0 Å². The minimum atomic E-state index is -0.514. The Bertz CT molecular complexity index is 440. The van der Waals surface area contributed by atoms with Crippen LogP contribution < -0.4 is 4.74 Å². The van der Waals surface area contributed by atoms with Crippen LogP contribution in [0.15, 0.2) is 16.6 Å². The zero-order valence-electron chi connectivity index (χ0n) is 10.1. The van der Waals surface area contributed by atoms with E-state index in [4.69, 9.17) is 10.00 Å². The zero-order chi connectivity index (χ0) is 13.0. The summed E-state index contributed by atoms with van der Waals surface area (Å²) in [4.78, 5) is 0. The van der Waals surface area contributed by atoms with E-state index in [0.717, 1.165) is 6.42 Å². The fourth-order valence-electron chi connectivity index (χ4n) is 1.64. The molecule has 0 aliphatic carbocycles. The molecule has 17 heavy (non-hydrogen) atoms. The quantitative estimate of drug-likeness (QED) is 0.831. The van der Waals surface area contributed by atoms with E-state index in [-0.39, 0.29) is 21.9 Å². The van der Waals surface area contributed by atoms with Crippen molar-refractivity contribution >= 4 is 15.9 Å². The van der Waals surface area contributed by atoms with Crippen molar-refractivity contribution in [3.8, 4) is 11.8 Å². The Kier molecular flexibility index (Phi) is 4.95. The highest BCUT2D eigenvalue weighted by Crippen LogP contribution is 2.29. The first-order chi connectivity index (χ1) is 7.95. The topological polar surface area (TPSA) is 33.0 Å². The molecular weight excluding hydrogens is 285 g/mol. The van der Waals surface area contributed by atoms with Crippen LogP contribution in [0.1, 0.15) is 32.8 Å². The van der Waals surface area contributed by atoms with E-state index in [1.165, 1.54) is 6.07 Å². The SMILES string of the molecule is CC(C)CC(C)Oc1ccc(C#N)c(Br)c1F. The first-order valence-electron chi connectivity index (χ1n) is 5.50. The summed E-state index contributed by atoms with van der Waals surface area (Å²) in [5, 5.41) is 8.75. The molecule has 0 amide bonds. The van der Waals surface area contributed by atoms with Crippen LogP contribution in [0, 0.1) is 23.1 Å². The van der Waals surface area contributed by atoms with Crippen molar-refractivity contribution in [3.63, 3.8) is 0 Å². The van der Waals surface area contributed by atoms with Crippen LogP contribution in [0.3, 0.4) is 0 Å². The predicted octanol–water partition coefficient (Wildman–Crippen LogP) is 4.27. The fourth-order valence-corrected chi connectivity index (χ4v) is 2.05. The Morgan fingerprint density at radius 3 is 2.59 bits per heavy atom. The van der Waals surface area contributed by atoms with Gasteiger partial charge < -0.3 is 4.74 Å². The van der Waals surface area contributed by atoms with Crippen molar-refractivity contribution in [1.82, 2.24) is 0 Å². The molecule has 0 radical (unpaired) electrons. The number of hydrogen-bond acceptors (Lipinski definition) is 2. The van der Waals surface area contributed by atoms with E-state index in [1.807, 2.05) is 13.0 Å². The molecule has 0 saturated carbocycles. The second-order valence-electron chi connectivity index (χ2n) is 4.41. The summed E-state index contributed by atoms with van der Waals surface area (Å²) in [5.74, 6) is 0.165. The Balaban J connectivity index is 2.87. The Morgan fingerprint density at radius 1 is 1.41 bits per heavy atom. The Labute approximate surface area is 110 Å². The first-order valence-corrected chi connectivity index (χ1v) is 6.29. The van der Waals surface area contributed by atoms with Crippen molar-refractivity contribution in [2.24, 2.45) is 5.92 Å². The summed E-state index contributed by atoms with van der Waals surface area (Å²) in [6.07, 6.45) is 0.807. The Hall–Kier alpha value is -1.08. The summed E-state index contributed by atoms with van der Waals surface area (Å²) < 4.78 is 19.5. The van der Waals surface area contributed by atoms with Crippen LogP contribution in [-0.4, -0.2) is 6.10 Å². The third-order valence-electron chi connectivity index (χ3n) is 2.30. The number of ether oxygens (including phenoxy) is 1. The van der Waals surface area contributed by atoms with E-state index in [9.17, 15) is 4.39 Å². The minimum absolute atomic E-state index is 0.0515. The molecular formula is C13H15BrFNO. The Morgan fingerprint density at radius 2 is 2.06 bits per heavy atom. The highest BCUT2D eigenvalue weighted by Gasteiger charge is 2.15. The molecule has 0 aliphatic heterocycles. The summed E-state index contributed by atoms with van der Waals surface area (Å²) in [5.41, 5.74) is 0.270. The molecule has 1 rings (SSSR count). The molecule has 0 aliphatic rings. The molecule has 1 atom stereocenters. The zero-order valence-corrected chi connectivity index (χ0v) is 11.7. The average molecular weight is 300 g/mol. The van der Waals surface area contributed by atoms with Crippen molar-refractivity contribution in [3.05, 3.63) is 28.0 Å². The summed E-state index contributed by atoms with van der Waals surface area (Å²) >= 11 is 3.05. The van der Waals surface area contributed by atoms with Gasteiger partial charge >= 0.3 is 0 Å². The molecule has 0 heterocycles. The molecule has 0 saturated heterocycles. The maximum atomic E-state index is 13.8. The van der Waals surface area contributed by atoms with Crippen molar-refractivity contribution in [2.45, 2.75) is 33.3 Å². The second kappa shape index (κ2) is 6.02. The van der Waals surface area contributed by atoms with Crippen molar-refractivity contribution in [1.29, 1.82) is 5.26 Å². The maximum absolute atomic E-state index is 13.8. The molecule has 92 valence electrons. The lowest BCUT2D eigenvalue weighted by atomic mass is 10.1. The molecule has 0 fully saturated rings. The number of benzene rings is 1. The first kappa shape index (κ1) is 14.0. The number of nitriles is 1. The second-order valence-corrected chi connectivity index (χ2v) is 5.20. The van der Waals surface area contributed by atoms with Crippen molar-refractivity contribution < 1.29 is 9.13 Å². The molecule has 0 spiro atoms. The van der Waals surface area contributed by atoms with Crippen LogP contribution >= 0.6 is 15.9 Å². The van der Waals surface area contributed by atoms with Gasteiger partial charge in [-0.3, -0.25) is 0 Å². The molecule has 1 aromatic rings. The van der Waals surface area contributed by atoms with Gasteiger partial charge in [0.1, 0.15) is 6.07 Å². The molecule has 1 aromatic carbocycles. The van der Waals surface area contributed by atoms with Gasteiger partial charge in [-0.05, 0) is 47.3 Å². The largest absolute Gasteiger partial charge is 0.488 e. The van der Waals surface area contributed by atoms with Crippen LogP contribution in [0.25, 0.3) is 0 Å². The predicted molar refractivity (Wildman–Crippen MR) is 68.4 cm³/mol. The smallest absolute Gasteiger partial charge is 0.180 e. The number of rotatable bonds is 4. The average Bonchev–Trinajstić information content (AvgIpc) is 2.24. The highest BCUT2D eigenvalue weighted by atomic mass is 79.9. The number of hydrogen-bond donors (Lipinski definition) is 0. The van der Waals surface area contributed by atoms with E-state index in [1.54, 1.807) is 6.07 Å². The number of halogens is 2. The van der Waals surface area contributed by atoms with Crippen LogP contribution in [0.2, 0.25) is 0 Å². The lowest BCUT2D eigenvalue weighted by molar-refractivity contribution is 0.185.